The van der Waals surface area contributed by atoms with E-state index in [2.05, 4.69) is 52.2 Å². The Bertz CT molecular complexity index is 472. The van der Waals surface area contributed by atoms with Crippen molar-refractivity contribution in [2.75, 3.05) is 0 Å². The van der Waals surface area contributed by atoms with Crippen LogP contribution in [0.1, 0.15) is 83.0 Å². The molecule has 1 aromatic rings. The minimum atomic E-state index is -0.288. The van der Waals surface area contributed by atoms with Crippen molar-refractivity contribution in [1.82, 2.24) is 4.57 Å². The Hall–Kier alpha value is -0.760. The van der Waals surface area contributed by atoms with Crippen LogP contribution in [0.5, 0.6) is 0 Å². The van der Waals surface area contributed by atoms with Gasteiger partial charge in [-0.3, -0.25) is 0 Å². The molecule has 0 aliphatic heterocycles. The summed E-state index contributed by atoms with van der Waals surface area (Å²) in [7, 11) is 0. The van der Waals surface area contributed by atoms with E-state index < -0.39 is 0 Å². The van der Waals surface area contributed by atoms with Gasteiger partial charge < -0.3 is 9.67 Å². The average Bonchev–Trinajstić information content (AvgIpc) is 2.64. The van der Waals surface area contributed by atoms with Crippen molar-refractivity contribution in [2.45, 2.75) is 79.4 Å². The summed E-state index contributed by atoms with van der Waals surface area (Å²) in [4.78, 5) is 0. The Morgan fingerprint density at radius 1 is 1.40 bits per heavy atom. The molecule has 3 atom stereocenters. The molecule has 0 bridgehead atoms. The monoisotopic (exact) mass is 277 g/mol. The molecule has 114 valence electrons. The second kappa shape index (κ2) is 5.55. The van der Waals surface area contributed by atoms with Crippen molar-refractivity contribution >= 4 is 0 Å². The lowest BCUT2D eigenvalue weighted by Crippen LogP contribution is -2.27. The number of aliphatic hydroxyl groups is 1. The molecule has 0 fully saturated rings. The third-order valence-electron chi connectivity index (χ3n) is 5.00. The molecule has 0 radical (unpaired) electrons. The summed E-state index contributed by atoms with van der Waals surface area (Å²) in [5, 5.41) is 10.4. The normalized spacial score (nSPS) is 24.2. The molecule has 1 aromatic heterocycles. The number of aliphatic hydroxyl groups excluding tert-OH is 1. The van der Waals surface area contributed by atoms with E-state index in [1.807, 2.05) is 0 Å². The van der Waals surface area contributed by atoms with E-state index in [0.717, 1.165) is 18.8 Å². The Kier molecular flexibility index (Phi) is 4.34. The van der Waals surface area contributed by atoms with Crippen LogP contribution in [-0.4, -0.2) is 9.67 Å². The van der Waals surface area contributed by atoms with Gasteiger partial charge in [0.2, 0.25) is 0 Å². The Labute approximate surface area is 124 Å². The first-order valence-electron chi connectivity index (χ1n) is 8.14. The lowest BCUT2D eigenvalue weighted by atomic mass is 9.75. The summed E-state index contributed by atoms with van der Waals surface area (Å²) < 4.78 is 2.49. The minimum Gasteiger partial charge on any atom is -0.388 e. The Balaban J connectivity index is 2.36. The molecule has 20 heavy (non-hydrogen) atoms. The summed E-state index contributed by atoms with van der Waals surface area (Å²) >= 11 is 0. The fourth-order valence-electron chi connectivity index (χ4n) is 3.83. The van der Waals surface area contributed by atoms with Crippen molar-refractivity contribution < 1.29 is 5.11 Å². The molecule has 1 aliphatic rings. The summed E-state index contributed by atoms with van der Waals surface area (Å²) in [5.41, 5.74) is 4.06. The largest absolute Gasteiger partial charge is 0.388 e. The SMILES string of the molecule is CCC(C)CC(C)n1c(C)cc2c1CC(C)(C)CC2O. The van der Waals surface area contributed by atoms with Crippen LogP contribution in [0.25, 0.3) is 0 Å². The van der Waals surface area contributed by atoms with Gasteiger partial charge in [-0.15, -0.1) is 0 Å². The number of hydrogen-bond donors (Lipinski definition) is 1. The smallest absolute Gasteiger partial charge is 0.0812 e. The van der Waals surface area contributed by atoms with Crippen LogP contribution in [0.4, 0.5) is 0 Å². The van der Waals surface area contributed by atoms with Crippen LogP contribution >= 0.6 is 0 Å². The fourth-order valence-corrected chi connectivity index (χ4v) is 3.83. The minimum absolute atomic E-state index is 0.199. The van der Waals surface area contributed by atoms with Gasteiger partial charge in [0.1, 0.15) is 0 Å². The highest BCUT2D eigenvalue weighted by atomic mass is 16.3. The molecule has 0 aromatic carbocycles. The van der Waals surface area contributed by atoms with Gasteiger partial charge in [-0.05, 0) is 50.5 Å². The van der Waals surface area contributed by atoms with E-state index >= 15 is 0 Å². The second-order valence-corrected chi connectivity index (χ2v) is 7.72. The third-order valence-corrected chi connectivity index (χ3v) is 5.00. The quantitative estimate of drug-likeness (QED) is 0.840. The van der Waals surface area contributed by atoms with Crippen LogP contribution in [0, 0.1) is 18.3 Å². The summed E-state index contributed by atoms with van der Waals surface area (Å²) in [6, 6.07) is 2.73. The lowest BCUT2D eigenvalue weighted by Gasteiger charge is -2.35. The number of fused-ring (bicyclic) bond motifs is 1. The van der Waals surface area contributed by atoms with Crippen molar-refractivity contribution in [2.24, 2.45) is 11.3 Å². The Morgan fingerprint density at radius 3 is 2.65 bits per heavy atom. The molecule has 0 saturated heterocycles. The summed E-state index contributed by atoms with van der Waals surface area (Å²) in [6.07, 6.45) is 4.13. The number of aryl methyl sites for hydroxylation is 1. The zero-order chi connectivity index (χ0) is 15.1. The molecule has 0 amide bonds. The maximum absolute atomic E-state index is 10.4. The fraction of sp³-hybridized carbons (Fsp3) is 0.778. The maximum Gasteiger partial charge on any atom is 0.0812 e. The molecule has 1 aliphatic carbocycles. The van der Waals surface area contributed by atoms with E-state index in [0.29, 0.717) is 6.04 Å². The molecular formula is C18H31NO. The molecule has 2 rings (SSSR count). The topological polar surface area (TPSA) is 25.2 Å². The van der Waals surface area contributed by atoms with Crippen LogP contribution in [0.2, 0.25) is 0 Å². The first-order chi connectivity index (χ1) is 9.25. The molecule has 1 heterocycles. The zero-order valence-corrected chi connectivity index (χ0v) is 14.0. The van der Waals surface area contributed by atoms with Gasteiger partial charge in [-0.25, -0.2) is 0 Å². The van der Waals surface area contributed by atoms with Gasteiger partial charge >= 0.3 is 0 Å². The van der Waals surface area contributed by atoms with Gasteiger partial charge in [0.25, 0.3) is 0 Å². The van der Waals surface area contributed by atoms with Crippen molar-refractivity contribution in [1.29, 1.82) is 0 Å². The molecule has 3 unspecified atom stereocenters. The second-order valence-electron chi connectivity index (χ2n) is 7.72. The molecule has 2 nitrogen and oxygen atoms in total. The van der Waals surface area contributed by atoms with Crippen LogP contribution < -0.4 is 0 Å². The van der Waals surface area contributed by atoms with Crippen molar-refractivity contribution in [3.05, 3.63) is 23.0 Å². The first kappa shape index (κ1) is 15.6. The highest BCUT2D eigenvalue weighted by Gasteiger charge is 2.34. The van der Waals surface area contributed by atoms with Crippen LogP contribution in [-0.2, 0) is 6.42 Å². The van der Waals surface area contributed by atoms with Crippen molar-refractivity contribution in [3.63, 3.8) is 0 Å². The highest BCUT2D eigenvalue weighted by Crippen LogP contribution is 2.43. The number of nitrogens with zero attached hydrogens (tertiary/aromatic N) is 1. The number of hydrogen-bond acceptors (Lipinski definition) is 1. The average molecular weight is 277 g/mol. The zero-order valence-electron chi connectivity index (χ0n) is 14.0. The molecule has 0 spiro atoms. The highest BCUT2D eigenvalue weighted by molar-refractivity contribution is 5.33. The van der Waals surface area contributed by atoms with Crippen LogP contribution in [0.15, 0.2) is 6.07 Å². The van der Waals surface area contributed by atoms with E-state index in [4.69, 9.17) is 0 Å². The lowest BCUT2D eigenvalue weighted by molar-refractivity contribution is 0.0973. The predicted molar refractivity (Wildman–Crippen MR) is 85.0 cm³/mol. The van der Waals surface area contributed by atoms with E-state index in [1.54, 1.807) is 0 Å². The van der Waals surface area contributed by atoms with E-state index in [1.165, 1.54) is 29.8 Å². The molecule has 0 saturated carbocycles. The Morgan fingerprint density at radius 2 is 2.05 bits per heavy atom. The molecule has 2 heteroatoms. The van der Waals surface area contributed by atoms with Crippen molar-refractivity contribution in [3.8, 4) is 0 Å². The maximum atomic E-state index is 10.4. The number of rotatable bonds is 4. The first-order valence-corrected chi connectivity index (χ1v) is 8.14. The standard InChI is InChI=1S/C18H31NO/c1-7-12(2)8-13(3)19-14(4)9-15-16(19)10-18(5,6)11-17(15)20/h9,12-13,17,20H,7-8,10-11H2,1-6H3. The van der Waals surface area contributed by atoms with E-state index in [-0.39, 0.29) is 11.5 Å². The van der Waals surface area contributed by atoms with Gasteiger partial charge in [0.05, 0.1) is 6.10 Å². The third kappa shape index (κ3) is 2.95. The van der Waals surface area contributed by atoms with Crippen LogP contribution in [0.3, 0.4) is 0 Å². The summed E-state index contributed by atoms with van der Waals surface area (Å²) in [5.74, 6) is 0.754. The van der Waals surface area contributed by atoms with Gasteiger partial charge in [-0.2, -0.15) is 0 Å². The van der Waals surface area contributed by atoms with E-state index in [9.17, 15) is 5.11 Å². The predicted octanol–water partition coefficient (Wildman–Crippen LogP) is 4.80. The molecular weight excluding hydrogens is 246 g/mol. The van der Waals surface area contributed by atoms with Gasteiger partial charge in [0.15, 0.2) is 0 Å². The number of aromatic nitrogens is 1. The summed E-state index contributed by atoms with van der Waals surface area (Å²) in [6.45, 7) is 13.7. The van der Waals surface area contributed by atoms with Gasteiger partial charge in [-0.1, -0.05) is 34.1 Å². The molecule has 1 N–H and O–H groups in total. The van der Waals surface area contributed by atoms with Gasteiger partial charge in [0, 0.05) is 23.0 Å².